The average Bonchev–Trinajstić information content (AvgIpc) is 2.55. The van der Waals surface area contributed by atoms with Gasteiger partial charge in [0.15, 0.2) is 5.11 Å². The van der Waals surface area contributed by atoms with Crippen LogP contribution in [0.4, 0.5) is 5.69 Å². The van der Waals surface area contributed by atoms with Gasteiger partial charge in [-0.15, -0.1) is 0 Å². The zero-order valence-corrected chi connectivity index (χ0v) is 13.7. The number of benzene rings is 1. The molecule has 0 saturated heterocycles. The lowest BCUT2D eigenvalue weighted by molar-refractivity contribution is 0.146. The summed E-state index contributed by atoms with van der Waals surface area (Å²) in [6, 6.07) is 7.71. The summed E-state index contributed by atoms with van der Waals surface area (Å²) in [6.45, 7) is 4.25. The number of rotatable bonds is 7. The predicted octanol–water partition coefficient (Wildman–Crippen LogP) is 2.96. The minimum Gasteiger partial charge on any atom is -0.494 e. The lowest BCUT2D eigenvalue weighted by atomic mass is 10.1. The summed E-state index contributed by atoms with van der Waals surface area (Å²) in [5.41, 5.74) is 1.72. The third-order valence-electron chi connectivity index (χ3n) is 3.16. The molecule has 0 radical (unpaired) electrons. The van der Waals surface area contributed by atoms with Gasteiger partial charge in [0.05, 0.1) is 7.11 Å². The molecule has 1 aromatic carbocycles. The largest absolute Gasteiger partial charge is 0.494 e. The highest BCUT2D eigenvalue weighted by atomic mass is 32.1. The van der Waals surface area contributed by atoms with Crippen molar-refractivity contribution in [2.45, 2.75) is 13.3 Å². The van der Waals surface area contributed by atoms with Crippen molar-refractivity contribution in [2.24, 2.45) is 0 Å². The average molecular weight is 319 g/mol. The Bertz CT molecular complexity index is 634. The Labute approximate surface area is 136 Å². The summed E-state index contributed by atoms with van der Waals surface area (Å²) < 4.78 is 10.6. The van der Waals surface area contributed by atoms with Crippen molar-refractivity contribution < 1.29 is 9.47 Å². The van der Waals surface area contributed by atoms with Crippen LogP contribution in [0, 0.1) is 0 Å². The molecule has 0 amide bonds. The number of pyridine rings is 1. The van der Waals surface area contributed by atoms with Crippen LogP contribution in [0.1, 0.15) is 13.3 Å². The number of ether oxygens (including phenoxy) is 2. The Morgan fingerprint density at radius 2 is 2.18 bits per heavy atom. The zero-order valence-electron chi connectivity index (χ0n) is 12.9. The summed E-state index contributed by atoms with van der Waals surface area (Å²) in [7, 11) is 1.64. The molecule has 1 aromatic heterocycles. The van der Waals surface area contributed by atoms with Crippen molar-refractivity contribution in [3.05, 3.63) is 30.5 Å². The maximum atomic E-state index is 5.34. The van der Waals surface area contributed by atoms with Gasteiger partial charge in [0.2, 0.25) is 0 Å². The minimum absolute atomic E-state index is 0.590. The first-order chi connectivity index (χ1) is 10.8. The number of anilines is 1. The van der Waals surface area contributed by atoms with Gasteiger partial charge in [0, 0.05) is 37.0 Å². The van der Waals surface area contributed by atoms with Crippen LogP contribution in [0.15, 0.2) is 30.5 Å². The monoisotopic (exact) mass is 319 g/mol. The predicted molar refractivity (Wildman–Crippen MR) is 93.6 cm³/mol. The van der Waals surface area contributed by atoms with Crippen molar-refractivity contribution in [1.82, 2.24) is 10.3 Å². The lowest BCUT2D eigenvalue weighted by Gasteiger charge is -2.13. The van der Waals surface area contributed by atoms with Crippen molar-refractivity contribution in [2.75, 3.05) is 32.2 Å². The van der Waals surface area contributed by atoms with Crippen LogP contribution in [0.3, 0.4) is 0 Å². The summed E-state index contributed by atoms with van der Waals surface area (Å²) in [6.07, 6.45) is 2.67. The summed E-state index contributed by atoms with van der Waals surface area (Å²) >= 11 is 5.32. The smallest absolute Gasteiger partial charge is 0.170 e. The fraction of sp³-hybridized carbons (Fsp3) is 0.375. The van der Waals surface area contributed by atoms with E-state index in [1.54, 1.807) is 13.3 Å². The fourth-order valence-corrected chi connectivity index (χ4v) is 2.32. The Kier molecular flexibility index (Phi) is 6.36. The molecule has 0 fully saturated rings. The summed E-state index contributed by atoms with van der Waals surface area (Å²) in [5, 5.41) is 7.95. The maximum absolute atomic E-state index is 5.34. The highest BCUT2D eigenvalue weighted by molar-refractivity contribution is 7.80. The van der Waals surface area contributed by atoms with Gasteiger partial charge in [-0.25, -0.2) is 0 Å². The third kappa shape index (κ3) is 4.29. The highest BCUT2D eigenvalue weighted by Crippen LogP contribution is 2.29. The number of methoxy groups -OCH3 is 1. The highest BCUT2D eigenvalue weighted by Gasteiger charge is 2.08. The molecule has 0 aliphatic heterocycles. The van der Waals surface area contributed by atoms with Crippen LogP contribution in [0.5, 0.6) is 5.75 Å². The van der Waals surface area contributed by atoms with E-state index >= 15 is 0 Å². The number of fused-ring (bicyclic) bond motifs is 1. The molecule has 0 aliphatic carbocycles. The molecule has 1 heterocycles. The molecule has 2 N–H and O–H groups in total. The normalized spacial score (nSPS) is 10.5. The van der Waals surface area contributed by atoms with Crippen LogP contribution in [0.25, 0.3) is 10.9 Å². The molecular formula is C16H21N3O2S. The van der Waals surface area contributed by atoms with Crippen molar-refractivity contribution in [3.8, 4) is 5.75 Å². The summed E-state index contributed by atoms with van der Waals surface area (Å²) in [5.74, 6) is 0.747. The Balaban J connectivity index is 2.01. The van der Waals surface area contributed by atoms with Crippen LogP contribution in [-0.4, -0.2) is 37.0 Å². The standard InChI is InChI=1S/C16H21N3O2S/c1-3-21-11-5-10-18-16(22)19-13-7-8-14(20-2)15-12(13)6-4-9-17-15/h4,6-9H,3,5,10-11H2,1-2H3,(H2,18,19,22). The number of hydrogen-bond acceptors (Lipinski definition) is 4. The molecule has 0 aliphatic rings. The maximum Gasteiger partial charge on any atom is 0.170 e. The SMILES string of the molecule is CCOCCCNC(=S)Nc1ccc(OC)c2ncccc12. The fourth-order valence-electron chi connectivity index (χ4n) is 2.11. The van der Waals surface area contributed by atoms with E-state index in [1.807, 2.05) is 31.2 Å². The first kappa shape index (κ1) is 16.5. The number of thiocarbonyl (C=S) groups is 1. The van der Waals surface area contributed by atoms with Crippen LogP contribution in [0.2, 0.25) is 0 Å². The van der Waals surface area contributed by atoms with E-state index in [0.717, 1.165) is 48.5 Å². The van der Waals surface area contributed by atoms with Gasteiger partial charge >= 0.3 is 0 Å². The van der Waals surface area contributed by atoms with E-state index in [0.29, 0.717) is 5.11 Å². The molecule has 2 rings (SSSR count). The van der Waals surface area contributed by atoms with Crippen molar-refractivity contribution >= 4 is 33.9 Å². The first-order valence-electron chi connectivity index (χ1n) is 7.30. The van der Waals surface area contributed by atoms with Gasteiger partial charge in [-0.1, -0.05) is 0 Å². The summed E-state index contributed by atoms with van der Waals surface area (Å²) in [4.78, 5) is 4.37. The van der Waals surface area contributed by atoms with Gasteiger partial charge in [0.1, 0.15) is 11.3 Å². The Morgan fingerprint density at radius 1 is 1.32 bits per heavy atom. The topological polar surface area (TPSA) is 55.4 Å². The van der Waals surface area contributed by atoms with Gasteiger partial charge < -0.3 is 20.1 Å². The van der Waals surface area contributed by atoms with E-state index in [1.165, 1.54) is 0 Å². The number of nitrogens with zero attached hydrogens (tertiary/aromatic N) is 1. The van der Waals surface area contributed by atoms with Crippen molar-refractivity contribution in [1.29, 1.82) is 0 Å². The molecule has 22 heavy (non-hydrogen) atoms. The van der Waals surface area contributed by atoms with Crippen molar-refractivity contribution in [3.63, 3.8) is 0 Å². The van der Waals surface area contributed by atoms with Crippen LogP contribution < -0.4 is 15.4 Å². The second kappa shape index (κ2) is 8.51. The Morgan fingerprint density at radius 3 is 2.95 bits per heavy atom. The molecule has 0 saturated carbocycles. The molecule has 5 nitrogen and oxygen atoms in total. The number of nitrogens with one attached hydrogen (secondary N) is 2. The minimum atomic E-state index is 0.590. The molecule has 2 aromatic rings. The van der Waals surface area contributed by atoms with Gasteiger partial charge in [-0.3, -0.25) is 4.98 Å². The molecule has 0 spiro atoms. The number of aromatic nitrogens is 1. The molecule has 0 atom stereocenters. The second-order valence-electron chi connectivity index (χ2n) is 4.65. The van der Waals surface area contributed by atoms with Crippen LogP contribution in [-0.2, 0) is 4.74 Å². The van der Waals surface area contributed by atoms with E-state index in [9.17, 15) is 0 Å². The van der Waals surface area contributed by atoms with E-state index < -0.39 is 0 Å². The van der Waals surface area contributed by atoms with Crippen LogP contribution >= 0.6 is 12.2 Å². The quantitative estimate of drug-likeness (QED) is 0.604. The van der Waals surface area contributed by atoms with E-state index in [2.05, 4.69) is 15.6 Å². The number of hydrogen-bond donors (Lipinski definition) is 2. The third-order valence-corrected chi connectivity index (χ3v) is 3.40. The van der Waals surface area contributed by atoms with Gasteiger partial charge in [-0.05, 0) is 49.8 Å². The zero-order chi connectivity index (χ0) is 15.8. The second-order valence-corrected chi connectivity index (χ2v) is 5.05. The Hall–Kier alpha value is -1.92. The van der Waals surface area contributed by atoms with E-state index in [4.69, 9.17) is 21.7 Å². The molecule has 118 valence electrons. The molecule has 0 unspecified atom stereocenters. The molecule has 6 heteroatoms. The van der Waals surface area contributed by atoms with Gasteiger partial charge in [-0.2, -0.15) is 0 Å². The lowest BCUT2D eigenvalue weighted by Crippen LogP contribution is -2.29. The molecule has 0 bridgehead atoms. The van der Waals surface area contributed by atoms with E-state index in [-0.39, 0.29) is 0 Å². The van der Waals surface area contributed by atoms with Gasteiger partial charge in [0.25, 0.3) is 0 Å². The first-order valence-corrected chi connectivity index (χ1v) is 7.71. The molecular weight excluding hydrogens is 298 g/mol.